The molecule has 0 aliphatic carbocycles. The van der Waals surface area contributed by atoms with Crippen LogP contribution in [-0.4, -0.2) is 0 Å². The number of benzene rings is 1. The zero-order chi connectivity index (χ0) is 10.0. The number of aryl methyl sites for hydroxylation is 3. The molecule has 0 aliphatic rings. The summed E-state index contributed by atoms with van der Waals surface area (Å²) in [4.78, 5) is 0. The van der Waals surface area contributed by atoms with Gasteiger partial charge in [0.25, 0.3) is 0 Å². The van der Waals surface area contributed by atoms with E-state index >= 15 is 0 Å². The van der Waals surface area contributed by atoms with E-state index in [0.29, 0.717) is 5.92 Å². The van der Waals surface area contributed by atoms with E-state index in [4.69, 9.17) is 0 Å². The van der Waals surface area contributed by atoms with Crippen molar-refractivity contribution in [3.05, 3.63) is 34.4 Å². The molecule has 1 atom stereocenters. The molecule has 0 bridgehead atoms. The Bertz CT molecular complexity index is 297. The molecule has 1 rings (SSSR count). The highest BCUT2D eigenvalue weighted by atomic mass is 14.1. The van der Waals surface area contributed by atoms with E-state index in [2.05, 4.69) is 46.8 Å². The van der Waals surface area contributed by atoms with Gasteiger partial charge in [0, 0.05) is 0 Å². The first-order valence-corrected chi connectivity index (χ1v) is 5.14. The molecule has 0 fully saturated rings. The summed E-state index contributed by atoms with van der Waals surface area (Å²) in [6, 6.07) is 4.65. The Hall–Kier alpha value is -0.780. The molecule has 0 spiro atoms. The van der Waals surface area contributed by atoms with Crippen molar-refractivity contribution in [2.45, 2.75) is 47.0 Å². The molecule has 0 aromatic heterocycles. The predicted octanol–water partition coefficient (Wildman–Crippen LogP) is 4.13. The Labute approximate surface area is 82.0 Å². The van der Waals surface area contributed by atoms with Crippen molar-refractivity contribution in [2.24, 2.45) is 0 Å². The number of hydrogen-bond donors (Lipinski definition) is 0. The summed E-state index contributed by atoms with van der Waals surface area (Å²) < 4.78 is 0. The Balaban J connectivity index is 3.15. The van der Waals surface area contributed by atoms with Crippen molar-refractivity contribution in [1.82, 2.24) is 0 Å². The molecule has 0 radical (unpaired) electrons. The average molecular weight is 176 g/mol. The number of rotatable bonds is 2. The summed E-state index contributed by atoms with van der Waals surface area (Å²) in [6.45, 7) is 11.1. The topological polar surface area (TPSA) is 0 Å². The Morgan fingerprint density at radius 3 is 2.08 bits per heavy atom. The van der Waals surface area contributed by atoms with E-state index in [-0.39, 0.29) is 0 Å². The van der Waals surface area contributed by atoms with Crippen LogP contribution in [0.4, 0.5) is 0 Å². The maximum Gasteiger partial charge on any atom is -0.0190 e. The summed E-state index contributed by atoms with van der Waals surface area (Å²) in [7, 11) is 0. The van der Waals surface area contributed by atoms with Gasteiger partial charge < -0.3 is 0 Å². The van der Waals surface area contributed by atoms with E-state index in [9.17, 15) is 0 Å². The fourth-order valence-electron chi connectivity index (χ4n) is 1.73. The molecule has 0 N–H and O–H groups in total. The summed E-state index contributed by atoms with van der Waals surface area (Å²) in [5.74, 6) is 0.694. The van der Waals surface area contributed by atoms with Crippen LogP contribution in [0.15, 0.2) is 12.1 Å². The molecule has 72 valence electrons. The molecule has 0 amide bonds. The van der Waals surface area contributed by atoms with E-state index in [0.717, 1.165) is 0 Å². The quantitative estimate of drug-likeness (QED) is 0.635. The van der Waals surface area contributed by atoms with Crippen molar-refractivity contribution in [3.63, 3.8) is 0 Å². The van der Waals surface area contributed by atoms with Crippen LogP contribution in [0.5, 0.6) is 0 Å². The molecule has 0 heteroatoms. The molecule has 0 heterocycles. The molecular weight excluding hydrogens is 156 g/mol. The lowest BCUT2D eigenvalue weighted by molar-refractivity contribution is 0.727. The zero-order valence-electron chi connectivity index (χ0n) is 9.44. The fraction of sp³-hybridized carbons (Fsp3) is 0.538. The third kappa shape index (κ3) is 2.12. The largest absolute Gasteiger partial charge is 0.0648 e. The van der Waals surface area contributed by atoms with Gasteiger partial charge in [0.1, 0.15) is 0 Å². The third-order valence-corrected chi connectivity index (χ3v) is 3.03. The normalized spacial score (nSPS) is 13.0. The Morgan fingerprint density at radius 1 is 1.00 bits per heavy atom. The van der Waals surface area contributed by atoms with Gasteiger partial charge in [-0.3, -0.25) is 0 Å². The zero-order valence-corrected chi connectivity index (χ0v) is 9.44. The second kappa shape index (κ2) is 3.95. The lowest BCUT2D eigenvalue weighted by Gasteiger charge is -2.14. The molecule has 0 aliphatic heterocycles. The minimum atomic E-state index is 0.694. The smallest absolute Gasteiger partial charge is 0.0190 e. The summed E-state index contributed by atoms with van der Waals surface area (Å²) in [5.41, 5.74) is 5.79. The first-order valence-electron chi connectivity index (χ1n) is 5.14. The van der Waals surface area contributed by atoms with Gasteiger partial charge in [0.15, 0.2) is 0 Å². The lowest BCUT2D eigenvalue weighted by Crippen LogP contribution is -1.97. The molecule has 13 heavy (non-hydrogen) atoms. The predicted molar refractivity (Wildman–Crippen MR) is 59.4 cm³/mol. The van der Waals surface area contributed by atoms with Gasteiger partial charge in [0.2, 0.25) is 0 Å². The van der Waals surface area contributed by atoms with Crippen molar-refractivity contribution in [2.75, 3.05) is 0 Å². The highest BCUT2D eigenvalue weighted by molar-refractivity contribution is 5.38. The molecular formula is C13H20. The van der Waals surface area contributed by atoms with Crippen LogP contribution in [0.1, 0.15) is 48.4 Å². The lowest BCUT2D eigenvalue weighted by atomic mass is 9.91. The highest BCUT2D eigenvalue weighted by Crippen LogP contribution is 2.24. The van der Waals surface area contributed by atoms with Crippen LogP contribution >= 0.6 is 0 Å². The third-order valence-electron chi connectivity index (χ3n) is 3.03. The van der Waals surface area contributed by atoms with Crippen LogP contribution in [0, 0.1) is 20.8 Å². The summed E-state index contributed by atoms with van der Waals surface area (Å²) in [5, 5.41) is 0. The van der Waals surface area contributed by atoms with Crippen LogP contribution in [0.3, 0.4) is 0 Å². The fourth-order valence-corrected chi connectivity index (χ4v) is 1.73. The molecule has 1 aromatic rings. The highest BCUT2D eigenvalue weighted by Gasteiger charge is 2.07. The van der Waals surface area contributed by atoms with E-state index in [1.165, 1.54) is 28.7 Å². The SMILES string of the molecule is CCC(C)c1cc(C)c(C)cc1C. The van der Waals surface area contributed by atoms with E-state index in [1.807, 2.05) is 0 Å². The number of hydrogen-bond acceptors (Lipinski definition) is 0. The molecule has 1 aromatic carbocycles. The maximum absolute atomic E-state index is 2.35. The van der Waals surface area contributed by atoms with Crippen LogP contribution in [0.2, 0.25) is 0 Å². The van der Waals surface area contributed by atoms with Crippen molar-refractivity contribution >= 4 is 0 Å². The van der Waals surface area contributed by atoms with Gasteiger partial charge in [-0.05, 0) is 55.4 Å². The van der Waals surface area contributed by atoms with Crippen LogP contribution in [-0.2, 0) is 0 Å². The Morgan fingerprint density at radius 2 is 1.54 bits per heavy atom. The summed E-state index contributed by atoms with van der Waals surface area (Å²) in [6.07, 6.45) is 1.23. The van der Waals surface area contributed by atoms with Gasteiger partial charge in [0.05, 0.1) is 0 Å². The standard InChI is InChI=1S/C13H20/c1-6-9(2)13-8-11(4)10(3)7-12(13)5/h7-9H,6H2,1-5H3. The van der Waals surface area contributed by atoms with E-state index in [1.54, 1.807) is 0 Å². The van der Waals surface area contributed by atoms with E-state index < -0.39 is 0 Å². The van der Waals surface area contributed by atoms with Crippen LogP contribution < -0.4 is 0 Å². The second-order valence-corrected chi connectivity index (χ2v) is 4.10. The van der Waals surface area contributed by atoms with Gasteiger partial charge >= 0.3 is 0 Å². The molecule has 0 saturated heterocycles. The van der Waals surface area contributed by atoms with Crippen molar-refractivity contribution in [3.8, 4) is 0 Å². The first kappa shape index (κ1) is 10.3. The first-order chi connectivity index (χ1) is 6.06. The van der Waals surface area contributed by atoms with Gasteiger partial charge in [-0.2, -0.15) is 0 Å². The van der Waals surface area contributed by atoms with Crippen molar-refractivity contribution < 1.29 is 0 Å². The average Bonchev–Trinajstić information content (AvgIpc) is 2.10. The van der Waals surface area contributed by atoms with Gasteiger partial charge in [-0.1, -0.05) is 26.0 Å². The van der Waals surface area contributed by atoms with Gasteiger partial charge in [-0.25, -0.2) is 0 Å². The summed E-state index contributed by atoms with van der Waals surface area (Å²) >= 11 is 0. The molecule has 1 unspecified atom stereocenters. The van der Waals surface area contributed by atoms with Crippen LogP contribution in [0.25, 0.3) is 0 Å². The minimum absolute atomic E-state index is 0.694. The maximum atomic E-state index is 2.35. The molecule has 0 saturated carbocycles. The van der Waals surface area contributed by atoms with Crippen molar-refractivity contribution in [1.29, 1.82) is 0 Å². The molecule has 0 nitrogen and oxygen atoms in total. The van der Waals surface area contributed by atoms with Gasteiger partial charge in [-0.15, -0.1) is 0 Å². The second-order valence-electron chi connectivity index (χ2n) is 4.10. The monoisotopic (exact) mass is 176 g/mol. The Kier molecular flexibility index (Phi) is 3.13. The minimum Gasteiger partial charge on any atom is -0.0648 e.